The van der Waals surface area contributed by atoms with E-state index in [1.165, 1.54) is 4.90 Å². The van der Waals surface area contributed by atoms with Crippen molar-refractivity contribution in [3.05, 3.63) is 41.6 Å². The molecular weight excluding hydrogens is 517 g/mol. The van der Waals surface area contributed by atoms with Crippen molar-refractivity contribution in [2.45, 2.75) is 57.2 Å². The van der Waals surface area contributed by atoms with Crippen LogP contribution < -0.4 is 0 Å². The van der Waals surface area contributed by atoms with Crippen molar-refractivity contribution in [1.82, 2.24) is 24.2 Å². The molecule has 1 amide bonds. The maximum Gasteiger partial charge on any atom is 0.407 e. The molecule has 3 aromatic heterocycles. The van der Waals surface area contributed by atoms with Crippen molar-refractivity contribution in [3.8, 4) is 11.3 Å². The summed E-state index contributed by atoms with van der Waals surface area (Å²) in [5.41, 5.74) is 4.47. The van der Waals surface area contributed by atoms with Crippen LogP contribution in [0.4, 0.5) is 4.79 Å². The van der Waals surface area contributed by atoms with Gasteiger partial charge in [0.1, 0.15) is 19.5 Å². The fourth-order valence-corrected chi connectivity index (χ4v) is 6.70. The molecule has 11 heteroatoms. The normalized spacial score (nSPS) is 19.9. The minimum atomic E-state index is -2.34. The lowest BCUT2D eigenvalue weighted by Gasteiger charge is -2.21. The first-order chi connectivity index (χ1) is 17.8. The number of amides is 1. The molecule has 1 N–H and O–H groups in total. The minimum Gasteiger partial charge on any atom is -0.465 e. The highest BCUT2D eigenvalue weighted by molar-refractivity contribution is 7.65. The van der Waals surface area contributed by atoms with Crippen molar-refractivity contribution in [2.24, 2.45) is 0 Å². The van der Waals surface area contributed by atoms with E-state index in [4.69, 9.17) is 14.8 Å². The van der Waals surface area contributed by atoms with Crippen LogP contribution >= 0.6 is 7.14 Å². The van der Waals surface area contributed by atoms with Gasteiger partial charge < -0.3 is 23.9 Å². The van der Waals surface area contributed by atoms with Gasteiger partial charge in [-0.1, -0.05) is 19.6 Å². The molecule has 1 saturated heterocycles. The van der Waals surface area contributed by atoms with E-state index >= 15 is 0 Å². The molecule has 0 aliphatic carbocycles. The maximum absolute atomic E-state index is 12.4. The van der Waals surface area contributed by atoms with Crippen LogP contribution in [0.1, 0.15) is 24.1 Å². The topological polar surface area (TPSA) is 102 Å². The molecule has 3 aromatic rings. The number of carbonyl (C=O) groups is 1. The average Bonchev–Trinajstić information content (AvgIpc) is 3.59. The molecule has 0 aromatic carbocycles. The number of fused-ring (bicyclic) bond motifs is 3. The highest BCUT2D eigenvalue weighted by Crippen LogP contribution is 2.44. The van der Waals surface area contributed by atoms with Gasteiger partial charge in [-0.2, -0.15) is 5.10 Å². The summed E-state index contributed by atoms with van der Waals surface area (Å²) in [5, 5.41) is 15.3. The van der Waals surface area contributed by atoms with E-state index < -0.39 is 21.3 Å². The number of likely N-dealkylation sites (tertiary alicyclic amines) is 1. The molecule has 5 rings (SSSR count). The summed E-state index contributed by atoms with van der Waals surface area (Å²) in [6.07, 6.45) is 6.68. The summed E-state index contributed by atoms with van der Waals surface area (Å²) in [5.74, 6) is 1.79. The number of rotatable bonds is 8. The molecule has 0 bridgehead atoms. The van der Waals surface area contributed by atoms with Gasteiger partial charge in [-0.25, -0.2) is 9.78 Å². The Morgan fingerprint density at radius 2 is 2.00 bits per heavy atom. The SMILES string of the molecule is C[Si](C)(C)CCOCn1cc(/C=C/P(C)(C)=O)c2cc(-c3cc4n(n3)CCC43CCN(C(=O)O)C3)cnc21. The Bertz CT molecular complexity index is 1450. The zero-order chi connectivity index (χ0) is 27.3. The van der Waals surface area contributed by atoms with E-state index in [1.807, 2.05) is 27.7 Å². The second-order valence-electron chi connectivity index (χ2n) is 12.4. The van der Waals surface area contributed by atoms with Gasteiger partial charge in [0.05, 0.1) is 5.69 Å². The number of nitrogens with zero attached hydrogens (tertiary/aromatic N) is 5. The molecule has 1 fully saturated rings. The van der Waals surface area contributed by atoms with Crippen molar-refractivity contribution >= 4 is 38.4 Å². The third kappa shape index (κ3) is 5.53. The van der Waals surface area contributed by atoms with E-state index in [2.05, 4.69) is 31.8 Å². The lowest BCUT2D eigenvalue weighted by atomic mass is 9.82. The van der Waals surface area contributed by atoms with Crippen molar-refractivity contribution in [3.63, 3.8) is 0 Å². The summed E-state index contributed by atoms with van der Waals surface area (Å²) < 4.78 is 22.5. The number of pyridine rings is 1. The molecule has 1 unspecified atom stereocenters. The van der Waals surface area contributed by atoms with Crippen LogP contribution in [-0.4, -0.2) is 76.5 Å². The minimum absolute atomic E-state index is 0.158. The highest BCUT2D eigenvalue weighted by atomic mass is 31.2. The fraction of sp³-hybridized carbons (Fsp3) is 0.519. The van der Waals surface area contributed by atoms with Gasteiger partial charge >= 0.3 is 6.09 Å². The van der Waals surface area contributed by atoms with E-state index in [-0.39, 0.29) is 5.41 Å². The second kappa shape index (κ2) is 9.81. The first-order valence-corrected chi connectivity index (χ1v) is 19.6. The lowest BCUT2D eigenvalue weighted by molar-refractivity contribution is 0.0898. The molecule has 204 valence electrons. The Hall–Kier alpha value is -2.68. The van der Waals surface area contributed by atoms with Crippen LogP contribution in [-0.2, 0) is 28.0 Å². The molecule has 38 heavy (non-hydrogen) atoms. The van der Waals surface area contributed by atoms with E-state index in [1.54, 1.807) is 19.1 Å². The zero-order valence-corrected chi connectivity index (χ0v) is 24.9. The third-order valence-corrected chi connectivity index (χ3v) is 10.2. The Kier molecular flexibility index (Phi) is 6.95. The lowest BCUT2D eigenvalue weighted by Crippen LogP contribution is -2.32. The number of aryl methyl sites for hydroxylation is 1. The maximum atomic E-state index is 12.4. The number of hydrogen-bond donors (Lipinski definition) is 1. The molecule has 0 radical (unpaired) electrons. The van der Waals surface area contributed by atoms with Gasteiger partial charge in [-0.15, -0.1) is 0 Å². The van der Waals surface area contributed by atoms with Crippen molar-refractivity contribution < 1.29 is 19.2 Å². The average molecular weight is 556 g/mol. The molecule has 9 nitrogen and oxygen atoms in total. The van der Waals surface area contributed by atoms with Crippen LogP contribution in [0.25, 0.3) is 28.4 Å². The molecule has 2 aliphatic heterocycles. The summed E-state index contributed by atoms with van der Waals surface area (Å²) in [6, 6.07) is 5.31. The highest BCUT2D eigenvalue weighted by Gasteiger charge is 2.47. The van der Waals surface area contributed by atoms with Gasteiger partial charge in [-0.05, 0) is 56.2 Å². The van der Waals surface area contributed by atoms with Crippen LogP contribution in [0, 0.1) is 0 Å². The number of aromatic nitrogens is 4. The standard InChI is InChI=1S/C27H38N5O4PSi/c1-37(2,35)12-6-20-17-31(19-36-11-13-38(3,4)5)25-22(20)14-21(16-28-25)23-15-24-27(8-10-32(24)29-23)7-9-30(18-27)26(33)34/h6,12,14-17H,7-11,13,18-19H2,1-5H3,(H,33,34)/b12-6+. The first kappa shape index (κ1) is 26.9. The van der Waals surface area contributed by atoms with Gasteiger partial charge in [-0.3, -0.25) is 4.68 Å². The number of hydrogen-bond acceptors (Lipinski definition) is 5. The molecule has 0 saturated carbocycles. The molecule has 2 aliphatic rings. The largest absolute Gasteiger partial charge is 0.465 e. The van der Waals surface area contributed by atoms with Crippen LogP contribution in [0.3, 0.4) is 0 Å². The fourth-order valence-electron chi connectivity index (χ4n) is 5.42. The molecular formula is C27H38N5O4PSi. The van der Waals surface area contributed by atoms with Crippen LogP contribution in [0.2, 0.25) is 25.7 Å². The Morgan fingerprint density at radius 3 is 2.68 bits per heavy atom. The summed E-state index contributed by atoms with van der Waals surface area (Å²) >= 11 is 0. The Labute approximate surface area is 224 Å². The van der Waals surface area contributed by atoms with Gasteiger partial charge in [0.2, 0.25) is 0 Å². The predicted molar refractivity (Wildman–Crippen MR) is 154 cm³/mol. The van der Waals surface area contributed by atoms with Crippen molar-refractivity contribution in [2.75, 3.05) is 33.0 Å². The van der Waals surface area contributed by atoms with E-state index in [9.17, 15) is 14.5 Å². The van der Waals surface area contributed by atoms with Gasteiger partial charge in [0.15, 0.2) is 0 Å². The summed E-state index contributed by atoms with van der Waals surface area (Å²) in [6.45, 7) is 13.5. The third-order valence-electron chi connectivity index (χ3n) is 7.63. The predicted octanol–water partition coefficient (Wildman–Crippen LogP) is 5.83. The Balaban J connectivity index is 1.46. The summed E-state index contributed by atoms with van der Waals surface area (Å²) in [7, 11) is -3.52. The van der Waals surface area contributed by atoms with Crippen molar-refractivity contribution in [1.29, 1.82) is 0 Å². The number of carboxylic acid groups (broad SMARTS) is 1. The quantitative estimate of drug-likeness (QED) is 0.213. The van der Waals surface area contributed by atoms with Gasteiger partial charge in [0, 0.05) is 74.3 Å². The molecule has 1 spiro atoms. The smallest absolute Gasteiger partial charge is 0.407 e. The zero-order valence-electron chi connectivity index (χ0n) is 23.0. The van der Waals surface area contributed by atoms with E-state index in [0.29, 0.717) is 19.8 Å². The number of ether oxygens (including phenoxy) is 1. The summed E-state index contributed by atoms with van der Waals surface area (Å²) in [4.78, 5) is 17.9. The van der Waals surface area contributed by atoms with Crippen LogP contribution in [0.15, 0.2) is 30.3 Å². The second-order valence-corrected chi connectivity index (χ2v) is 21.2. The van der Waals surface area contributed by atoms with Crippen LogP contribution in [0.5, 0.6) is 0 Å². The van der Waals surface area contributed by atoms with Gasteiger partial charge in [0.25, 0.3) is 0 Å². The Morgan fingerprint density at radius 1 is 1.24 bits per heavy atom. The molecule has 1 atom stereocenters. The first-order valence-electron chi connectivity index (χ1n) is 13.2. The molecule has 5 heterocycles. The van der Waals surface area contributed by atoms with E-state index in [0.717, 1.165) is 65.6 Å². The monoisotopic (exact) mass is 555 g/mol.